The molecule has 3 aromatic carbocycles. The highest BCUT2D eigenvalue weighted by Crippen LogP contribution is 2.51. The van der Waals surface area contributed by atoms with Gasteiger partial charge in [0.2, 0.25) is 5.89 Å². The standard InChI is InChI=1S/C34H36N2O3/c1-32(2,3)21-9-10-22-19(16-21)8-11-25-29(22)38-30(35-25)23-17-20-18-24-27-26(28(20)39-31(23)37)34(6,7)13-15-36(27)14-12-33(24,4)5/h8-11,16-18H,12-15H2,1-7H3. The highest BCUT2D eigenvalue weighted by Gasteiger charge is 2.42. The van der Waals surface area contributed by atoms with Gasteiger partial charge >= 0.3 is 5.63 Å². The molecule has 5 heteroatoms. The van der Waals surface area contributed by atoms with Gasteiger partial charge in [-0.1, -0.05) is 72.7 Å². The van der Waals surface area contributed by atoms with Crippen molar-refractivity contribution >= 4 is 38.5 Å². The number of hydrogen-bond donors (Lipinski definition) is 0. The number of nitrogens with zero attached hydrogens (tertiary/aromatic N) is 2. The van der Waals surface area contributed by atoms with Crippen LogP contribution in [0, 0.1) is 0 Å². The fraction of sp³-hybridized carbons (Fsp3) is 0.412. The Kier molecular flexibility index (Phi) is 4.85. The number of rotatable bonds is 1. The van der Waals surface area contributed by atoms with E-state index in [1.165, 1.54) is 16.8 Å². The van der Waals surface area contributed by atoms with Gasteiger partial charge in [0.15, 0.2) is 5.58 Å². The van der Waals surface area contributed by atoms with Gasteiger partial charge in [0, 0.05) is 35.1 Å². The van der Waals surface area contributed by atoms with Crippen molar-refractivity contribution in [2.45, 2.75) is 77.6 Å². The van der Waals surface area contributed by atoms with Crippen LogP contribution in [0.1, 0.15) is 78.0 Å². The quantitative estimate of drug-likeness (QED) is 0.208. The second-order valence-corrected chi connectivity index (χ2v) is 13.9. The highest BCUT2D eigenvalue weighted by molar-refractivity contribution is 6.04. The molecule has 0 amide bonds. The van der Waals surface area contributed by atoms with Gasteiger partial charge in [0.05, 0.1) is 0 Å². The average Bonchev–Trinajstić information content (AvgIpc) is 3.30. The van der Waals surface area contributed by atoms with Crippen molar-refractivity contribution in [3.05, 3.63) is 69.6 Å². The molecule has 39 heavy (non-hydrogen) atoms. The van der Waals surface area contributed by atoms with Crippen molar-refractivity contribution in [1.82, 2.24) is 4.98 Å². The summed E-state index contributed by atoms with van der Waals surface area (Å²) in [6, 6.07) is 14.7. The highest BCUT2D eigenvalue weighted by atomic mass is 16.4. The molecule has 0 radical (unpaired) electrons. The molecule has 0 aliphatic carbocycles. The summed E-state index contributed by atoms with van der Waals surface area (Å²) in [6.07, 6.45) is 2.13. The zero-order valence-electron chi connectivity index (χ0n) is 24.0. The molecule has 4 heterocycles. The van der Waals surface area contributed by atoms with E-state index in [0.717, 1.165) is 53.2 Å². The van der Waals surface area contributed by atoms with Gasteiger partial charge in [-0.25, -0.2) is 9.78 Å². The Morgan fingerprint density at radius 1 is 0.846 bits per heavy atom. The fourth-order valence-electron chi connectivity index (χ4n) is 6.60. The second kappa shape index (κ2) is 7.74. The minimum Gasteiger partial charge on any atom is -0.435 e. The summed E-state index contributed by atoms with van der Waals surface area (Å²) in [7, 11) is 0. The Morgan fingerprint density at radius 2 is 1.59 bits per heavy atom. The Hall–Kier alpha value is -3.60. The number of anilines is 1. The summed E-state index contributed by atoms with van der Waals surface area (Å²) in [5.74, 6) is 0.305. The molecule has 0 bridgehead atoms. The first kappa shape index (κ1) is 24.4. The number of aromatic nitrogens is 1. The number of oxazole rings is 1. The van der Waals surface area contributed by atoms with Crippen LogP contribution in [-0.2, 0) is 16.2 Å². The van der Waals surface area contributed by atoms with Gasteiger partial charge in [-0.15, -0.1) is 0 Å². The maximum atomic E-state index is 13.5. The van der Waals surface area contributed by atoms with Gasteiger partial charge in [0.25, 0.3) is 0 Å². The Labute approximate surface area is 228 Å². The monoisotopic (exact) mass is 520 g/mol. The summed E-state index contributed by atoms with van der Waals surface area (Å²) < 4.78 is 12.5. The molecule has 0 saturated heterocycles. The van der Waals surface area contributed by atoms with Gasteiger partial charge in [-0.3, -0.25) is 0 Å². The SMILES string of the molecule is CC(C)(C)c1ccc2c(ccc3nc(-c4cc5cc6c7c(c5oc4=O)C(C)(C)CCN7CCC6(C)C)oc32)c1. The van der Waals surface area contributed by atoms with Crippen LogP contribution in [0.3, 0.4) is 0 Å². The third kappa shape index (κ3) is 3.58. The van der Waals surface area contributed by atoms with Crippen molar-refractivity contribution in [1.29, 1.82) is 0 Å². The van der Waals surface area contributed by atoms with E-state index in [1.807, 2.05) is 12.1 Å². The van der Waals surface area contributed by atoms with Crippen molar-refractivity contribution < 1.29 is 8.83 Å². The normalized spacial score (nSPS) is 18.2. The number of benzene rings is 3. The van der Waals surface area contributed by atoms with Gasteiger partial charge < -0.3 is 13.7 Å². The van der Waals surface area contributed by atoms with Crippen LogP contribution < -0.4 is 10.5 Å². The van der Waals surface area contributed by atoms with E-state index < -0.39 is 5.63 Å². The minimum absolute atomic E-state index is 0.0426. The summed E-state index contributed by atoms with van der Waals surface area (Å²) in [5.41, 5.74) is 7.13. The molecule has 0 spiro atoms. The van der Waals surface area contributed by atoms with E-state index in [4.69, 9.17) is 13.8 Å². The first-order chi connectivity index (χ1) is 18.3. The molecule has 5 aromatic rings. The Balaban J connectivity index is 1.45. The predicted molar refractivity (Wildman–Crippen MR) is 159 cm³/mol. The van der Waals surface area contributed by atoms with Gasteiger partial charge in [-0.05, 0) is 63.8 Å². The molecule has 0 fully saturated rings. The van der Waals surface area contributed by atoms with Crippen molar-refractivity contribution in [2.75, 3.05) is 18.0 Å². The summed E-state index contributed by atoms with van der Waals surface area (Å²) in [5, 5.41) is 3.03. The average molecular weight is 521 g/mol. The second-order valence-electron chi connectivity index (χ2n) is 13.9. The number of fused-ring (bicyclic) bond motifs is 5. The minimum atomic E-state index is -0.410. The van der Waals surface area contributed by atoms with Crippen molar-refractivity contribution in [2.24, 2.45) is 0 Å². The lowest BCUT2D eigenvalue weighted by Crippen LogP contribution is -2.44. The van der Waals surface area contributed by atoms with Crippen LogP contribution >= 0.6 is 0 Å². The molecule has 0 saturated carbocycles. The third-order valence-electron chi connectivity index (χ3n) is 9.20. The van der Waals surface area contributed by atoms with Crippen LogP contribution in [0.25, 0.3) is 44.3 Å². The molecule has 0 N–H and O–H groups in total. The van der Waals surface area contributed by atoms with Crippen molar-refractivity contribution in [3.8, 4) is 11.5 Å². The molecule has 2 aromatic heterocycles. The molecule has 0 atom stereocenters. The summed E-state index contributed by atoms with van der Waals surface area (Å²) in [4.78, 5) is 20.8. The molecule has 2 aliphatic heterocycles. The lowest BCUT2D eigenvalue weighted by Gasteiger charge is -2.48. The predicted octanol–water partition coefficient (Wildman–Crippen LogP) is 8.22. The zero-order chi connectivity index (χ0) is 27.5. The van der Waals surface area contributed by atoms with E-state index in [1.54, 1.807) is 0 Å². The van der Waals surface area contributed by atoms with E-state index in [0.29, 0.717) is 22.6 Å². The van der Waals surface area contributed by atoms with Crippen LogP contribution in [0.5, 0.6) is 0 Å². The number of hydrogen-bond acceptors (Lipinski definition) is 5. The van der Waals surface area contributed by atoms with Gasteiger partial charge in [0.1, 0.15) is 16.7 Å². The van der Waals surface area contributed by atoms with Crippen molar-refractivity contribution in [3.63, 3.8) is 0 Å². The van der Waals surface area contributed by atoms with Crippen LogP contribution in [0.4, 0.5) is 5.69 Å². The first-order valence-corrected chi connectivity index (χ1v) is 14.1. The van der Waals surface area contributed by atoms with E-state index in [9.17, 15) is 4.79 Å². The van der Waals surface area contributed by atoms with Crippen LogP contribution in [0.2, 0.25) is 0 Å². The maximum Gasteiger partial charge on any atom is 0.349 e. The third-order valence-corrected chi connectivity index (χ3v) is 9.20. The lowest BCUT2D eigenvalue weighted by atomic mass is 9.69. The maximum absolute atomic E-state index is 13.5. The topological polar surface area (TPSA) is 59.5 Å². The zero-order valence-corrected chi connectivity index (χ0v) is 24.0. The molecular formula is C34H36N2O3. The molecule has 200 valence electrons. The largest absolute Gasteiger partial charge is 0.435 e. The summed E-state index contributed by atoms with van der Waals surface area (Å²) >= 11 is 0. The molecule has 0 unspecified atom stereocenters. The van der Waals surface area contributed by atoms with E-state index in [2.05, 4.69) is 83.7 Å². The molecule has 7 rings (SSSR count). The smallest absolute Gasteiger partial charge is 0.349 e. The first-order valence-electron chi connectivity index (χ1n) is 14.1. The fourth-order valence-corrected chi connectivity index (χ4v) is 6.60. The molecular weight excluding hydrogens is 484 g/mol. The lowest BCUT2D eigenvalue weighted by molar-refractivity contribution is 0.398. The van der Waals surface area contributed by atoms with E-state index >= 15 is 0 Å². The Morgan fingerprint density at radius 3 is 2.33 bits per heavy atom. The molecule has 5 nitrogen and oxygen atoms in total. The molecule has 2 aliphatic rings. The van der Waals surface area contributed by atoms with Gasteiger partial charge in [-0.2, -0.15) is 0 Å². The van der Waals surface area contributed by atoms with Crippen LogP contribution in [-0.4, -0.2) is 18.1 Å². The summed E-state index contributed by atoms with van der Waals surface area (Å²) in [6.45, 7) is 17.9. The van der Waals surface area contributed by atoms with E-state index in [-0.39, 0.29) is 16.2 Å². The Bertz CT molecular complexity index is 1880. The van der Waals surface area contributed by atoms with Crippen LogP contribution in [0.15, 0.2) is 56.1 Å².